The van der Waals surface area contributed by atoms with Gasteiger partial charge >= 0.3 is 0 Å². The monoisotopic (exact) mass is 185 g/mol. The Balaban J connectivity index is 1.85. The molecule has 1 amide bonds. The van der Waals surface area contributed by atoms with Crippen LogP contribution < -0.4 is 0 Å². The molecule has 2 fully saturated rings. The molecule has 0 radical (unpaired) electrons. The molecule has 0 aromatic rings. The summed E-state index contributed by atoms with van der Waals surface area (Å²) in [7, 11) is 0. The van der Waals surface area contributed by atoms with Crippen molar-refractivity contribution < 1.29 is 14.6 Å². The first-order chi connectivity index (χ1) is 6.26. The fourth-order valence-corrected chi connectivity index (χ4v) is 2.05. The van der Waals surface area contributed by atoms with Crippen LogP contribution in [0.5, 0.6) is 0 Å². The second-order valence-electron chi connectivity index (χ2n) is 3.82. The van der Waals surface area contributed by atoms with E-state index in [1.54, 1.807) is 4.90 Å². The van der Waals surface area contributed by atoms with Crippen molar-refractivity contribution in [1.82, 2.24) is 4.90 Å². The molecule has 2 aliphatic heterocycles. The van der Waals surface area contributed by atoms with Crippen LogP contribution in [-0.2, 0) is 9.53 Å². The number of ether oxygens (including phenoxy) is 1. The van der Waals surface area contributed by atoms with E-state index in [1.807, 2.05) is 0 Å². The molecule has 0 bridgehead atoms. The fourth-order valence-electron chi connectivity index (χ4n) is 2.05. The number of carbonyl (C=O) groups is 1. The minimum atomic E-state index is -0.367. The molecule has 0 aromatic carbocycles. The molecule has 0 saturated carbocycles. The number of rotatable bonds is 1. The molecule has 1 spiro atoms. The van der Waals surface area contributed by atoms with Gasteiger partial charge in [-0.3, -0.25) is 4.79 Å². The predicted molar refractivity (Wildman–Crippen MR) is 46.2 cm³/mol. The lowest BCUT2D eigenvalue weighted by atomic mass is 9.84. The van der Waals surface area contributed by atoms with Gasteiger partial charge in [-0.2, -0.15) is 0 Å². The number of piperidine rings is 1. The zero-order valence-electron chi connectivity index (χ0n) is 7.66. The zero-order valence-corrected chi connectivity index (χ0v) is 7.66. The summed E-state index contributed by atoms with van der Waals surface area (Å²) in [6.07, 6.45) is 2.99. The lowest BCUT2D eigenvalue weighted by Gasteiger charge is -2.47. The van der Waals surface area contributed by atoms with Crippen molar-refractivity contribution in [3.8, 4) is 0 Å². The summed E-state index contributed by atoms with van der Waals surface area (Å²) in [5.74, 6) is -0.158. The number of amides is 1. The average Bonchev–Trinajstić information content (AvgIpc) is 2.14. The SMILES string of the molecule is O=C(CO)N1CCC2(CCO2)CC1. The molecule has 0 unspecified atom stereocenters. The summed E-state index contributed by atoms with van der Waals surface area (Å²) in [4.78, 5) is 12.8. The topological polar surface area (TPSA) is 49.8 Å². The van der Waals surface area contributed by atoms with Gasteiger partial charge in [0.2, 0.25) is 5.91 Å². The average molecular weight is 185 g/mol. The zero-order chi connectivity index (χ0) is 9.31. The Morgan fingerprint density at radius 1 is 1.38 bits per heavy atom. The van der Waals surface area contributed by atoms with Gasteiger partial charge in [0.15, 0.2) is 0 Å². The molecular formula is C9H15NO3. The maximum Gasteiger partial charge on any atom is 0.248 e. The van der Waals surface area contributed by atoms with Gasteiger partial charge in [0.05, 0.1) is 12.2 Å². The largest absolute Gasteiger partial charge is 0.387 e. The summed E-state index contributed by atoms with van der Waals surface area (Å²) in [5.41, 5.74) is 0.0895. The highest BCUT2D eigenvalue weighted by molar-refractivity contribution is 5.77. The van der Waals surface area contributed by atoms with Gasteiger partial charge in [0.25, 0.3) is 0 Å². The smallest absolute Gasteiger partial charge is 0.248 e. The lowest BCUT2D eigenvalue weighted by Crippen LogP contribution is -2.53. The Kier molecular flexibility index (Phi) is 2.26. The summed E-state index contributed by atoms with van der Waals surface area (Å²) >= 11 is 0. The molecule has 74 valence electrons. The van der Waals surface area contributed by atoms with E-state index in [-0.39, 0.29) is 18.1 Å². The Morgan fingerprint density at radius 2 is 2.00 bits per heavy atom. The van der Waals surface area contributed by atoms with Gasteiger partial charge in [0.1, 0.15) is 6.61 Å². The minimum Gasteiger partial charge on any atom is -0.387 e. The molecule has 4 nitrogen and oxygen atoms in total. The van der Waals surface area contributed by atoms with E-state index >= 15 is 0 Å². The van der Waals surface area contributed by atoms with Gasteiger partial charge in [-0.1, -0.05) is 0 Å². The molecule has 0 atom stereocenters. The quantitative estimate of drug-likeness (QED) is 0.613. The predicted octanol–water partition coefficient (Wildman–Crippen LogP) is -0.240. The summed E-state index contributed by atoms with van der Waals surface area (Å²) in [5, 5.41) is 8.67. The standard InChI is InChI=1S/C9H15NO3/c11-7-8(12)10-4-1-9(2-5-10)3-6-13-9/h11H,1-7H2. The maximum absolute atomic E-state index is 11.1. The molecule has 0 aliphatic carbocycles. The van der Waals surface area contributed by atoms with Crippen LogP contribution in [0.4, 0.5) is 0 Å². The molecule has 0 aromatic heterocycles. The number of aliphatic hydroxyl groups is 1. The maximum atomic E-state index is 11.1. The van der Waals surface area contributed by atoms with Gasteiger partial charge in [0, 0.05) is 13.1 Å². The molecule has 4 heteroatoms. The fraction of sp³-hybridized carbons (Fsp3) is 0.889. The van der Waals surface area contributed by atoms with Crippen molar-refractivity contribution in [3.05, 3.63) is 0 Å². The molecule has 1 N–H and O–H groups in total. The third-order valence-electron chi connectivity index (χ3n) is 3.13. The highest BCUT2D eigenvalue weighted by Gasteiger charge is 2.41. The Labute approximate surface area is 77.5 Å². The van der Waals surface area contributed by atoms with Crippen molar-refractivity contribution in [2.24, 2.45) is 0 Å². The Hall–Kier alpha value is -0.610. The third-order valence-corrected chi connectivity index (χ3v) is 3.13. The molecule has 2 rings (SSSR count). The first kappa shape index (κ1) is 8.97. The van der Waals surface area contributed by atoms with Gasteiger partial charge in [-0.15, -0.1) is 0 Å². The number of hydrogen-bond donors (Lipinski definition) is 1. The molecule has 2 heterocycles. The van der Waals surface area contributed by atoms with Gasteiger partial charge in [-0.05, 0) is 19.3 Å². The lowest BCUT2D eigenvalue weighted by molar-refractivity contribution is -0.177. The Morgan fingerprint density at radius 3 is 2.38 bits per heavy atom. The highest BCUT2D eigenvalue weighted by atomic mass is 16.5. The van der Waals surface area contributed by atoms with E-state index in [0.717, 1.165) is 39.0 Å². The Bertz CT molecular complexity index is 203. The minimum absolute atomic E-state index is 0.0895. The van der Waals surface area contributed by atoms with Crippen LogP contribution in [-0.4, -0.2) is 47.8 Å². The van der Waals surface area contributed by atoms with E-state index in [4.69, 9.17) is 9.84 Å². The van der Waals surface area contributed by atoms with Crippen LogP contribution in [0.25, 0.3) is 0 Å². The summed E-state index contributed by atoms with van der Waals surface area (Å²) in [6, 6.07) is 0. The van der Waals surface area contributed by atoms with Crippen LogP contribution >= 0.6 is 0 Å². The molecule has 2 aliphatic rings. The van der Waals surface area contributed by atoms with Crippen LogP contribution in [0.1, 0.15) is 19.3 Å². The van der Waals surface area contributed by atoms with Crippen LogP contribution in [0.2, 0.25) is 0 Å². The van der Waals surface area contributed by atoms with Crippen LogP contribution in [0, 0.1) is 0 Å². The van der Waals surface area contributed by atoms with Crippen molar-refractivity contribution in [2.75, 3.05) is 26.3 Å². The normalized spacial score (nSPS) is 25.8. The molecule has 13 heavy (non-hydrogen) atoms. The van der Waals surface area contributed by atoms with E-state index in [0.29, 0.717) is 0 Å². The van der Waals surface area contributed by atoms with Gasteiger partial charge in [-0.25, -0.2) is 0 Å². The van der Waals surface area contributed by atoms with Crippen molar-refractivity contribution in [1.29, 1.82) is 0 Å². The first-order valence-corrected chi connectivity index (χ1v) is 4.78. The number of carbonyl (C=O) groups excluding carboxylic acids is 1. The van der Waals surface area contributed by atoms with E-state index < -0.39 is 0 Å². The van der Waals surface area contributed by atoms with Crippen molar-refractivity contribution >= 4 is 5.91 Å². The van der Waals surface area contributed by atoms with Gasteiger partial charge < -0.3 is 14.7 Å². The number of likely N-dealkylation sites (tertiary alicyclic amines) is 1. The second-order valence-corrected chi connectivity index (χ2v) is 3.82. The number of hydrogen-bond acceptors (Lipinski definition) is 3. The first-order valence-electron chi connectivity index (χ1n) is 4.78. The highest BCUT2D eigenvalue weighted by Crippen LogP contribution is 2.36. The summed E-state index contributed by atoms with van der Waals surface area (Å²) in [6.45, 7) is 1.97. The second kappa shape index (κ2) is 3.27. The van der Waals surface area contributed by atoms with Crippen LogP contribution in [0.3, 0.4) is 0 Å². The van der Waals surface area contributed by atoms with Crippen LogP contribution in [0.15, 0.2) is 0 Å². The van der Waals surface area contributed by atoms with Crippen molar-refractivity contribution in [2.45, 2.75) is 24.9 Å². The number of aliphatic hydroxyl groups excluding tert-OH is 1. The van der Waals surface area contributed by atoms with Crippen molar-refractivity contribution in [3.63, 3.8) is 0 Å². The molecule has 2 saturated heterocycles. The molecular weight excluding hydrogens is 170 g/mol. The number of nitrogens with zero attached hydrogens (tertiary/aromatic N) is 1. The van der Waals surface area contributed by atoms with E-state index in [2.05, 4.69) is 0 Å². The third kappa shape index (κ3) is 1.56. The van der Waals surface area contributed by atoms with E-state index in [1.165, 1.54) is 0 Å². The van der Waals surface area contributed by atoms with E-state index in [9.17, 15) is 4.79 Å². The summed E-state index contributed by atoms with van der Waals surface area (Å²) < 4.78 is 5.52.